The molecule has 32 heavy (non-hydrogen) atoms. The van der Waals surface area contributed by atoms with Crippen molar-refractivity contribution in [1.29, 1.82) is 5.26 Å². The monoisotopic (exact) mass is 428 g/mol. The topological polar surface area (TPSA) is 127 Å². The van der Waals surface area contributed by atoms with Gasteiger partial charge in [-0.2, -0.15) is 5.26 Å². The highest BCUT2D eigenvalue weighted by Gasteiger charge is 2.37. The van der Waals surface area contributed by atoms with E-state index in [9.17, 15) is 25.1 Å². The molecule has 7 nitrogen and oxygen atoms in total. The highest BCUT2D eigenvalue weighted by Crippen LogP contribution is 2.38. The first-order valence-electron chi connectivity index (χ1n) is 9.97. The zero-order chi connectivity index (χ0) is 22.8. The standard InChI is InChI=1S/C25H20N2O5/c1-14-6-8-15(9-7-14)22(25-24(31)21(29)10-16(13-28)32-25)18(11-26)23(30)19-12-27-20-5-3-2-4-17(19)20/h2-10,12,18,22,27-28,31H,13H2,1H3. The second-order valence-electron chi connectivity index (χ2n) is 7.56. The van der Waals surface area contributed by atoms with E-state index in [1.165, 1.54) is 0 Å². The Morgan fingerprint density at radius 2 is 1.91 bits per heavy atom. The number of para-hydroxylation sites is 1. The van der Waals surface area contributed by atoms with Gasteiger partial charge in [0.2, 0.25) is 11.2 Å². The SMILES string of the molecule is Cc1ccc(C(c2oc(CO)cc(=O)c2O)C(C#N)C(=O)c2c[nH]c3ccccc23)cc1. The molecule has 0 amide bonds. The molecule has 2 aromatic carbocycles. The van der Waals surface area contributed by atoms with Gasteiger partial charge in [-0.25, -0.2) is 0 Å². The number of hydrogen-bond acceptors (Lipinski definition) is 6. The van der Waals surface area contributed by atoms with Crippen LogP contribution >= 0.6 is 0 Å². The number of rotatable bonds is 6. The molecular weight excluding hydrogens is 408 g/mol. The van der Waals surface area contributed by atoms with E-state index >= 15 is 0 Å². The van der Waals surface area contributed by atoms with E-state index in [1.54, 1.807) is 42.6 Å². The van der Waals surface area contributed by atoms with Crippen LogP contribution in [0.3, 0.4) is 0 Å². The number of aromatic hydroxyl groups is 1. The number of nitriles is 1. The number of nitrogens with zero attached hydrogens (tertiary/aromatic N) is 1. The molecule has 4 aromatic rings. The van der Waals surface area contributed by atoms with Crippen LogP contribution in [0.2, 0.25) is 0 Å². The van der Waals surface area contributed by atoms with E-state index in [2.05, 4.69) is 11.1 Å². The predicted octanol–water partition coefficient (Wildman–Crippen LogP) is 3.78. The number of carbonyl (C=O) groups excluding carboxylic acids is 1. The summed E-state index contributed by atoms with van der Waals surface area (Å²) in [6.45, 7) is 1.32. The molecule has 0 aliphatic heterocycles. The van der Waals surface area contributed by atoms with Gasteiger partial charge in [-0.05, 0) is 18.6 Å². The predicted molar refractivity (Wildman–Crippen MR) is 117 cm³/mol. The van der Waals surface area contributed by atoms with Crippen molar-refractivity contribution < 1.29 is 19.4 Å². The molecule has 7 heteroatoms. The van der Waals surface area contributed by atoms with Crippen molar-refractivity contribution >= 4 is 16.7 Å². The van der Waals surface area contributed by atoms with E-state index in [0.717, 1.165) is 17.1 Å². The molecule has 160 valence electrons. The van der Waals surface area contributed by atoms with Gasteiger partial charge in [0.25, 0.3) is 0 Å². The van der Waals surface area contributed by atoms with Crippen LogP contribution < -0.4 is 5.43 Å². The fourth-order valence-corrected chi connectivity index (χ4v) is 3.84. The van der Waals surface area contributed by atoms with Crippen molar-refractivity contribution in [2.24, 2.45) is 5.92 Å². The van der Waals surface area contributed by atoms with Gasteiger partial charge < -0.3 is 19.6 Å². The Morgan fingerprint density at radius 1 is 1.19 bits per heavy atom. The number of fused-ring (bicyclic) bond motifs is 1. The lowest BCUT2D eigenvalue weighted by molar-refractivity contribution is 0.0935. The second kappa shape index (κ2) is 8.53. The van der Waals surface area contributed by atoms with Crippen molar-refractivity contribution in [3.63, 3.8) is 0 Å². The maximum absolute atomic E-state index is 13.6. The van der Waals surface area contributed by atoms with Crippen LogP contribution in [-0.4, -0.2) is 21.0 Å². The van der Waals surface area contributed by atoms with Crippen molar-refractivity contribution in [2.45, 2.75) is 19.4 Å². The Bertz CT molecular complexity index is 1390. The number of nitrogens with one attached hydrogen (secondary N) is 1. The van der Waals surface area contributed by atoms with Gasteiger partial charge in [0, 0.05) is 28.7 Å². The molecule has 0 spiro atoms. The number of aryl methyl sites for hydroxylation is 1. The van der Waals surface area contributed by atoms with Gasteiger partial charge in [-0.3, -0.25) is 9.59 Å². The van der Waals surface area contributed by atoms with E-state index in [4.69, 9.17) is 4.42 Å². The Hall–Kier alpha value is -4.15. The Labute approximate surface area is 183 Å². The number of hydrogen-bond donors (Lipinski definition) is 3. The number of aliphatic hydroxyl groups excluding tert-OH is 1. The van der Waals surface area contributed by atoms with Crippen molar-refractivity contribution in [2.75, 3.05) is 0 Å². The molecule has 0 saturated carbocycles. The Balaban J connectivity index is 1.92. The third-order valence-corrected chi connectivity index (χ3v) is 5.48. The molecule has 2 atom stereocenters. The summed E-state index contributed by atoms with van der Waals surface area (Å²) in [5, 5.41) is 30.7. The molecule has 3 N–H and O–H groups in total. The highest BCUT2D eigenvalue weighted by molar-refractivity contribution is 6.10. The minimum absolute atomic E-state index is 0.0730. The molecule has 2 heterocycles. The zero-order valence-electron chi connectivity index (χ0n) is 17.2. The van der Waals surface area contributed by atoms with Crippen LogP contribution in [-0.2, 0) is 6.61 Å². The summed E-state index contributed by atoms with van der Waals surface area (Å²) in [5.74, 6) is -3.85. The van der Waals surface area contributed by atoms with Crippen LogP contribution in [0.25, 0.3) is 10.9 Å². The fraction of sp³-hybridized carbons (Fsp3) is 0.160. The summed E-state index contributed by atoms with van der Waals surface area (Å²) >= 11 is 0. The van der Waals surface area contributed by atoms with E-state index < -0.39 is 35.4 Å². The second-order valence-corrected chi connectivity index (χ2v) is 7.56. The number of Topliss-reactive ketones (excluding diaryl/α,β-unsaturated/α-hetero) is 1. The minimum Gasteiger partial charge on any atom is -0.502 e. The van der Waals surface area contributed by atoms with Crippen molar-refractivity contribution in [3.8, 4) is 11.8 Å². The van der Waals surface area contributed by atoms with Gasteiger partial charge in [0.15, 0.2) is 11.5 Å². The smallest absolute Gasteiger partial charge is 0.227 e. The summed E-state index contributed by atoms with van der Waals surface area (Å²) in [7, 11) is 0. The van der Waals surface area contributed by atoms with Crippen molar-refractivity contribution in [1.82, 2.24) is 4.98 Å². The number of aromatic nitrogens is 1. The van der Waals surface area contributed by atoms with Crippen molar-refractivity contribution in [3.05, 3.63) is 99.2 Å². The molecule has 0 fully saturated rings. The summed E-state index contributed by atoms with van der Waals surface area (Å²) < 4.78 is 5.61. The normalized spacial score (nSPS) is 12.9. The quantitative estimate of drug-likeness (QED) is 0.401. The lowest BCUT2D eigenvalue weighted by Gasteiger charge is -2.22. The fourth-order valence-electron chi connectivity index (χ4n) is 3.84. The third-order valence-electron chi connectivity index (χ3n) is 5.48. The summed E-state index contributed by atoms with van der Waals surface area (Å²) in [4.78, 5) is 28.9. The van der Waals surface area contributed by atoms with Crippen LogP contribution in [0, 0.1) is 24.2 Å². The molecule has 0 saturated heterocycles. The minimum atomic E-state index is -1.31. The number of aliphatic hydroxyl groups is 1. The third kappa shape index (κ3) is 3.68. The van der Waals surface area contributed by atoms with Gasteiger partial charge in [0.1, 0.15) is 18.3 Å². The molecule has 0 radical (unpaired) electrons. The molecule has 4 rings (SSSR count). The van der Waals surface area contributed by atoms with E-state index in [-0.39, 0.29) is 11.5 Å². The first kappa shape index (κ1) is 21.1. The first-order valence-corrected chi connectivity index (χ1v) is 9.97. The Kier molecular flexibility index (Phi) is 5.63. The lowest BCUT2D eigenvalue weighted by Crippen LogP contribution is -2.24. The summed E-state index contributed by atoms with van der Waals surface area (Å²) in [5.41, 5.74) is 1.78. The molecular formula is C25H20N2O5. The molecule has 0 bridgehead atoms. The molecule has 2 aromatic heterocycles. The summed E-state index contributed by atoms with van der Waals surface area (Å²) in [6.07, 6.45) is 1.55. The molecule has 0 aliphatic carbocycles. The zero-order valence-corrected chi connectivity index (χ0v) is 17.2. The first-order chi connectivity index (χ1) is 15.4. The maximum Gasteiger partial charge on any atom is 0.227 e. The van der Waals surface area contributed by atoms with Crippen LogP contribution in [0.15, 0.2) is 70.0 Å². The highest BCUT2D eigenvalue weighted by atomic mass is 16.4. The summed E-state index contributed by atoms with van der Waals surface area (Å²) in [6, 6.07) is 17.3. The number of benzene rings is 2. The number of aromatic amines is 1. The van der Waals surface area contributed by atoms with Gasteiger partial charge in [0.05, 0.1) is 12.0 Å². The number of ketones is 1. The van der Waals surface area contributed by atoms with Gasteiger partial charge in [-0.1, -0.05) is 48.0 Å². The average Bonchev–Trinajstić information content (AvgIpc) is 3.24. The lowest BCUT2D eigenvalue weighted by atomic mass is 9.79. The largest absolute Gasteiger partial charge is 0.502 e. The number of carbonyl (C=O) groups is 1. The van der Waals surface area contributed by atoms with E-state index in [1.807, 2.05) is 19.1 Å². The Morgan fingerprint density at radius 3 is 2.59 bits per heavy atom. The van der Waals surface area contributed by atoms with Crippen LogP contribution in [0.4, 0.5) is 0 Å². The molecule has 0 aliphatic rings. The van der Waals surface area contributed by atoms with Gasteiger partial charge in [-0.15, -0.1) is 0 Å². The number of H-pyrrole nitrogens is 1. The van der Waals surface area contributed by atoms with Crippen LogP contribution in [0.1, 0.15) is 38.9 Å². The van der Waals surface area contributed by atoms with Gasteiger partial charge >= 0.3 is 0 Å². The average molecular weight is 428 g/mol. The van der Waals surface area contributed by atoms with Crippen LogP contribution in [0.5, 0.6) is 5.75 Å². The maximum atomic E-state index is 13.6. The molecule has 2 unspecified atom stereocenters. The van der Waals surface area contributed by atoms with E-state index in [0.29, 0.717) is 16.5 Å².